The molecule has 0 spiro atoms. The van der Waals surface area contributed by atoms with Gasteiger partial charge in [0.05, 0.1) is 12.6 Å². The molecule has 1 fully saturated rings. The van der Waals surface area contributed by atoms with Crippen molar-refractivity contribution >= 4 is 0 Å². The highest BCUT2D eigenvalue weighted by molar-refractivity contribution is 5.35. The molecule has 1 unspecified atom stereocenters. The van der Waals surface area contributed by atoms with Gasteiger partial charge in [-0.1, -0.05) is 60.4 Å². The maximum atomic E-state index is 10.4. The average Bonchev–Trinajstić information content (AvgIpc) is 3.34. The van der Waals surface area contributed by atoms with Gasteiger partial charge in [0, 0.05) is 5.56 Å². The molecular weight excluding hydrogens is 258 g/mol. The van der Waals surface area contributed by atoms with Crippen molar-refractivity contribution in [2.45, 2.75) is 25.4 Å². The van der Waals surface area contributed by atoms with Crippen molar-refractivity contribution in [3.05, 3.63) is 71.8 Å². The van der Waals surface area contributed by atoms with Gasteiger partial charge >= 0.3 is 0 Å². The van der Waals surface area contributed by atoms with Crippen molar-refractivity contribution < 1.29 is 5.21 Å². The first-order valence-electron chi connectivity index (χ1n) is 7.39. The van der Waals surface area contributed by atoms with E-state index >= 15 is 0 Å². The first kappa shape index (κ1) is 13.9. The lowest BCUT2D eigenvalue weighted by atomic mass is 10.1. The number of hydrogen-bond acceptors (Lipinski definition) is 2. The molecule has 0 amide bonds. The fraction of sp³-hybridized carbons (Fsp3) is 0.263. The molecule has 1 aliphatic rings. The third kappa shape index (κ3) is 3.95. The predicted octanol–water partition coefficient (Wildman–Crippen LogP) is 3.71. The van der Waals surface area contributed by atoms with E-state index in [1.165, 1.54) is 5.06 Å². The van der Waals surface area contributed by atoms with Gasteiger partial charge in [0.1, 0.15) is 0 Å². The molecule has 2 heteroatoms. The van der Waals surface area contributed by atoms with Gasteiger partial charge in [0.15, 0.2) is 0 Å². The zero-order chi connectivity index (χ0) is 14.5. The third-order valence-corrected chi connectivity index (χ3v) is 3.72. The molecule has 3 rings (SSSR count). The maximum Gasteiger partial charge on any atom is 0.0991 e. The van der Waals surface area contributed by atoms with E-state index in [1.807, 2.05) is 60.7 Å². The Morgan fingerprint density at radius 3 is 2.24 bits per heavy atom. The Kier molecular flexibility index (Phi) is 4.35. The smallest absolute Gasteiger partial charge is 0.0991 e. The van der Waals surface area contributed by atoms with Gasteiger partial charge in [0.25, 0.3) is 0 Å². The Morgan fingerprint density at radius 2 is 1.62 bits per heavy atom. The monoisotopic (exact) mass is 277 g/mol. The van der Waals surface area contributed by atoms with Crippen LogP contribution in [0.25, 0.3) is 0 Å². The molecular formula is C19H19NO. The molecule has 2 aromatic carbocycles. The van der Waals surface area contributed by atoms with E-state index in [2.05, 4.69) is 11.8 Å². The van der Waals surface area contributed by atoms with Gasteiger partial charge in [-0.15, -0.1) is 0 Å². The van der Waals surface area contributed by atoms with Crippen LogP contribution >= 0.6 is 0 Å². The fourth-order valence-electron chi connectivity index (χ4n) is 2.40. The highest BCUT2D eigenvalue weighted by Gasteiger charge is 2.33. The maximum absolute atomic E-state index is 10.4. The Balaban J connectivity index is 1.71. The lowest BCUT2D eigenvalue weighted by Gasteiger charge is -2.21. The van der Waals surface area contributed by atoms with Crippen LogP contribution in [0.15, 0.2) is 60.7 Å². The van der Waals surface area contributed by atoms with E-state index < -0.39 is 0 Å². The van der Waals surface area contributed by atoms with Crippen molar-refractivity contribution in [2.24, 2.45) is 5.92 Å². The second kappa shape index (κ2) is 6.58. The molecule has 1 N–H and O–H groups in total. The van der Waals surface area contributed by atoms with Crippen LogP contribution in [0.2, 0.25) is 0 Å². The fourth-order valence-corrected chi connectivity index (χ4v) is 2.40. The summed E-state index contributed by atoms with van der Waals surface area (Å²) in [4.78, 5) is 0. The molecule has 1 saturated carbocycles. The van der Waals surface area contributed by atoms with E-state index in [4.69, 9.17) is 0 Å². The summed E-state index contributed by atoms with van der Waals surface area (Å²) in [6.07, 6.45) is 2.31. The molecule has 0 aliphatic heterocycles. The number of rotatable bonds is 4. The van der Waals surface area contributed by atoms with Crippen LogP contribution in [0.5, 0.6) is 0 Å². The molecule has 1 atom stereocenters. The molecule has 1 aliphatic carbocycles. The van der Waals surface area contributed by atoms with Crippen LogP contribution in [0.3, 0.4) is 0 Å². The Hall–Kier alpha value is -2.08. The van der Waals surface area contributed by atoms with Gasteiger partial charge in [-0.25, -0.2) is 0 Å². The highest BCUT2D eigenvalue weighted by Crippen LogP contribution is 2.35. The summed E-state index contributed by atoms with van der Waals surface area (Å²) in [5, 5.41) is 11.8. The number of benzene rings is 2. The van der Waals surface area contributed by atoms with Gasteiger partial charge in [-0.3, -0.25) is 0 Å². The van der Waals surface area contributed by atoms with Crippen molar-refractivity contribution in [3.8, 4) is 11.8 Å². The molecule has 106 valence electrons. The quantitative estimate of drug-likeness (QED) is 0.680. The summed E-state index contributed by atoms with van der Waals surface area (Å²) in [5.41, 5.74) is 2.10. The summed E-state index contributed by atoms with van der Waals surface area (Å²) in [7, 11) is 0. The summed E-state index contributed by atoms with van der Waals surface area (Å²) in [6, 6.07) is 19.9. The third-order valence-electron chi connectivity index (χ3n) is 3.72. The van der Waals surface area contributed by atoms with Crippen molar-refractivity contribution in [2.75, 3.05) is 0 Å². The van der Waals surface area contributed by atoms with Gasteiger partial charge < -0.3 is 5.21 Å². The Bertz CT molecular complexity index is 623. The molecule has 21 heavy (non-hydrogen) atoms. The van der Waals surface area contributed by atoms with Crippen LogP contribution < -0.4 is 0 Å². The topological polar surface area (TPSA) is 23.5 Å². The van der Waals surface area contributed by atoms with Crippen LogP contribution in [-0.4, -0.2) is 16.3 Å². The zero-order valence-corrected chi connectivity index (χ0v) is 11.9. The Morgan fingerprint density at radius 1 is 1.00 bits per heavy atom. The largest absolute Gasteiger partial charge is 0.312 e. The van der Waals surface area contributed by atoms with Crippen LogP contribution in [0.4, 0.5) is 0 Å². The average molecular weight is 277 g/mol. The molecule has 0 aromatic heterocycles. The molecule has 0 radical (unpaired) electrons. The van der Waals surface area contributed by atoms with Crippen LogP contribution in [0, 0.1) is 17.8 Å². The van der Waals surface area contributed by atoms with Crippen molar-refractivity contribution in [3.63, 3.8) is 0 Å². The summed E-state index contributed by atoms with van der Waals surface area (Å²) < 4.78 is 0. The molecule has 0 bridgehead atoms. The number of nitrogens with zero attached hydrogens (tertiary/aromatic N) is 1. The minimum Gasteiger partial charge on any atom is -0.312 e. The Labute approximate surface area is 126 Å². The lowest BCUT2D eigenvalue weighted by molar-refractivity contribution is -0.124. The van der Waals surface area contributed by atoms with Gasteiger partial charge in [-0.2, -0.15) is 5.06 Å². The first-order chi connectivity index (χ1) is 10.3. The molecule has 0 saturated heterocycles. The minimum atomic E-state index is -0.0783. The second-order valence-electron chi connectivity index (χ2n) is 5.50. The highest BCUT2D eigenvalue weighted by atomic mass is 16.5. The molecule has 2 aromatic rings. The normalized spacial score (nSPS) is 15.3. The predicted molar refractivity (Wildman–Crippen MR) is 83.6 cm³/mol. The van der Waals surface area contributed by atoms with Crippen LogP contribution in [0.1, 0.15) is 24.0 Å². The zero-order valence-electron chi connectivity index (χ0n) is 11.9. The standard InChI is InChI=1S/C19H19NO/c21-20(15-17-9-5-2-6-10-17)19(18-12-13-18)14-11-16-7-3-1-4-8-16/h1-10,18-19,21H,12-13,15H2. The summed E-state index contributed by atoms with van der Waals surface area (Å²) in [5.74, 6) is 6.92. The first-order valence-corrected chi connectivity index (χ1v) is 7.39. The van der Waals surface area contributed by atoms with Crippen molar-refractivity contribution in [1.82, 2.24) is 5.06 Å². The van der Waals surface area contributed by atoms with Crippen LogP contribution in [-0.2, 0) is 6.54 Å². The second-order valence-corrected chi connectivity index (χ2v) is 5.50. The van der Waals surface area contributed by atoms with E-state index in [0.29, 0.717) is 12.5 Å². The van der Waals surface area contributed by atoms with E-state index in [-0.39, 0.29) is 6.04 Å². The molecule has 0 heterocycles. The van der Waals surface area contributed by atoms with E-state index in [9.17, 15) is 5.21 Å². The number of hydroxylamine groups is 2. The lowest BCUT2D eigenvalue weighted by Crippen LogP contribution is -2.32. The van der Waals surface area contributed by atoms with E-state index in [1.54, 1.807) is 0 Å². The molecule has 2 nitrogen and oxygen atoms in total. The van der Waals surface area contributed by atoms with Gasteiger partial charge in [0.2, 0.25) is 0 Å². The number of hydrogen-bond donors (Lipinski definition) is 1. The summed E-state index contributed by atoms with van der Waals surface area (Å²) in [6.45, 7) is 0.519. The van der Waals surface area contributed by atoms with E-state index in [0.717, 1.165) is 24.0 Å². The van der Waals surface area contributed by atoms with Gasteiger partial charge in [-0.05, 0) is 36.5 Å². The summed E-state index contributed by atoms with van der Waals surface area (Å²) >= 11 is 0. The minimum absolute atomic E-state index is 0.0783. The van der Waals surface area contributed by atoms with Crippen molar-refractivity contribution in [1.29, 1.82) is 0 Å². The SMILES string of the molecule is ON(Cc1ccccc1)C(C#Cc1ccccc1)C1CC1.